The second-order valence-corrected chi connectivity index (χ2v) is 6.70. The fourth-order valence-corrected chi connectivity index (χ4v) is 3.45. The lowest BCUT2D eigenvalue weighted by Crippen LogP contribution is -2.44. The minimum Gasteiger partial charge on any atom is -0.230 e. The third-order valence-electron chi connectivity index (χ3n) is 3.38. The summed E-state index contributed by atoms with van der Waals surface area (Å²) in [6, 6.07) is 7.18. The van der Waals surface area contributed by atoms with E-state index >= 15 is 0 Å². The van der Waals surface area contributed by atoms with Crippen LogP contribution in [-0.2, 0) is 16.4 Å². The fraction of sp³-hybridized carbons (Fsp3) is 0.571. The number of piperidine rings is 1. The fourth-order valence-electron chi connectivity index (χ4n) is 2.33. The van der Waals surface area contributed by atoms with Crippen molar-refractivity contribution in [3.8, 4) is 0 Å². The van der Waals surface area contributed by atoms with Crippen LogP contribution < -0.4 is 4.83 Å². The maximum atomic E-state index is 12.2. The van der Waals surface area contributed by atoms with Crippen LogP contribution in [0.4, 0.5) is 0 Å². The highest BCUT2D eigenvalue weighted by Crippen LogP contribution is 2.14. The molecule has 0 radical (unpaired) electrons. The predicted octanol–water partition coefficient (Wildman–Crippen LogP) is 2.32. The molecule has 0 saturated carbocycles. The number of hydrazine groups is 1. The first-order valence-electron chi connectivity index (χ1n) is 6.98. The van der Waals surface area contributed by atoms with Crippen molar-refractivity contribution in [3.63, 3.8) is 0 Å². The molecule has 106 valence electrons. The van der Waals surface area contributed by atoms with Gasteiger partial charge in [-0.1, -0.05) is 31.9 Å². The van der Waals surface area contributed by atoms with Gasteiger partial charge >= 0.3 is 0 Å². The van der Waals surface area contributed by atoms with E-state index in [1.54, 1.807) is 17.1 Å². The summed E-state index contributed by atoms with van der Waals surface area (Å²) in [4.78, 5) is 3.01. The van der Waals surface area contributed by atoms with E-state index in [1.807, 2.05) is 12.1 Å². The molecule has 4 nitrogen and oxygen atoms in total. The lowest BCUT2D eigenvalue weighted by Gasteiger charge is -2.26. The Morgan fingerprint density at radius 3 is 2.32 bits per heavy atom. The van der Waals surface area contributed by atoms with E-state index < -0.39 is 10.0 Å². The number of nitrogens with one attached hydrogen (secondary N) is 1. The largest absolute Gasteiger partial charge is 0.253 e. The molecule has 1 aromatic carbocycles. The number of aryl methyl sites for hydroxylation is 1. The van der Waals surface area contributed by atoms with Crippen LogP contribution in [0.3, 0.4) is 0 Å². The van der Waals surface area contributed by atoms with Gasteiger partial charge in [-0.2, -0.15) is 0 Å². The number of hydrogen-bond donors (Lipinski definition) is 1. The Balaban J connectivity index is 2.05. The lowest BCUT2D eigenvalue weighted by atomic mass is 10.1. The van der Waals surface area contributed by atoms with Crippen molar-refractivity contribution < 1.29 is 8.42 Å². The Bertz CT molecular complexity index is 491. The van der Waals surface area contributed by atoms with Gasteiger partial charge in [-0.05, 0) is 37.0 Å². The molecule has 5 heteroatoms. The van der Waals surface area contributed by atoms with E-state index in [-0.39, 0.29) is 0 Å². The average molecular weight is 282 g/mol. The zero-order valence-corrected chi connectivity index (χ0v) is 12.2. The van der Waals surface area contributed by atoms with Gasteiger partial charge in [0.05, 0.1) is 4.90 Å². The zero-order chi connectivity index (χ0) is 13.7. The first kappa shape index (κ1) is 14.5. The van der Waals surface area contributed by atoms with E-state index in [0.717, 1.165) is 38.8 Å². The monoisotopic (exact) mass is 282 g/mol. The first-order chi connectivity index (χ1) is 9.12. The quantitative estimate of drug-likeness (QED) is 0.901. The Morgan fingerprint density at radius 2 is 1.74 bits per heavy atom. The van der Waals surface area contributed by atoms with Crippen LogP contribution in [0.25, 0.3) is 0 Å². The van der Waals surface area contributed by atoms with Crippen LogP contribution in [0.5, 0.6) is 0 Å². The molecular weight excluding hydrogens is 260 g/mol. The van der Waals surface area contributed by atoms with Gasteiger partial charge < -0.3 is 0 Å². The topological polar surface area (TPSA) is 49.4 Å². The molecule has 1 N–H and O–H groups in total. The van der Waals surface area contributed by atoms with E-state index in [9.17, 15) is 8.42 Å². The predicted molar refractivity (Wildman–Crippen MR) is 76.2 cm³/mol. The summed E-state index contributed by atoms with van der Waals surface area (Å²) in [5.41, 5.74) is 1.18. The van der Waals surface area contributed by atoms with Crippen LogP contribution in [0.1, 0.15) is 38.2 Å². The molecule has 0 spiro atoms. The van der Waals surface area contributed by atoms with Crippen molar-refractivity contribution >= 4 is 10.0 Å². The smallest absolute Gasteiger partial charge is 0.230 e. The molecule has 0 amide bonds. The number of rotatable bonds is 5. The summed E-state index contributed by atoms with van der Waals surface area (Å²) in [5, 5.41) is 1.80. The van der Waals surface area contributed by atoms with Crippen molar-refractivity contribution in [2.75, 3.05) is 13.1 Å². The van der Waals surface area contributed by atoms with Gasteiger partial charge in [0.25, 0.3) is 10.0 Å². The second kappa shape index (κ2) is 6.50. The Labute approximate surface area is 115 Å². The summed E-state index contributed by atoms with van der Waals surface area (Å²) < 4.78 is 24.4. The molecule has 1 heterocycles. The molecule has 0 bridgehead atoms. The Morgan fingerprint density at radius 1 is 1.11 bits per heavy atom. The lowest BCUT2D eigenvalue weighted by molar-refractivity contribution is 0.200. The standard InChI is InChI=1S/C14H22N2O2S/c1-2-6-13-7-9-14(10-8-13)19(17,18)15-16-11-4-3-5-12-16/h7-10,15H,2-6,11-12H2,1H3. The number of sulfonamides is 1. The number of nitrogens with zero attached hydrogens (tertiary/aromatic N) is 1. The summed E-state index contributed by atoms with van der Waals surface area (Å²) in [5.74, 6) is 0. The SMILES string of the molecule is CCCc1ccc(S(=O)(=O)NN2CCCCC2)cc1. The highest BCUT2D eigenvalue weighted by molar-refractivity contribution is 7.89. The molecular formula is C14H22N2O2S. The van der Waals surface area contributed by atoms with Crippen molar-refractivity contribution in [1.29, 1.82) is 0 Å². The van der Waals surface area contributed by atoms with Crippen molar-refractivity contribution in [2.24, 2.45) is 0 Å². The maximum Gasteiger partial charge on any atom is 0.253 e. The van der Waals surface area contributed by atoms with E-state index in [0.29, 0.717) is 4.90 Å². The number of hydrogen-bond acceptors (Lipinski definition) is 3. The van der Waals surface area contributed by atoms with Gasteiger partial charge in [0.15, 0.2) is 0 Å². The minimum atomic E-state index is -3.42. The van der Waals surface area contributed by atoms with Crippen LogP contribution in [0.15, 0.2) is 29.2 Å². The summed E-state index contributed by atoms with van der Waals surface area (Å²) in [6.07, 6.45) is 5.35. The molecule has 1 fully saturated rings. The molecule has 19 heavy (non-hydrogen) atoms. The molecule has 0 aromatic heterocycles. The molecule has 1 aliphatic heterocycles. The average Bonchev–Trinajstić information content (AvgIpc) is 2.40. The Hall–Kier alpha value is -0.910. The summed E-state index contributed by atoms with van der Waals surface area (Å²) >= 11 is 0. The summed E-state index contributed by atoms with van der Waals surface area (Å²) in [7, 11) is -3.42. The first-order valence-corrected chi connectivity index (χ1v) is 8.46. The summed E-state index contributed by atoms with van der Waals surface area (Å²) in [6.45, 7) is 3.71. The van der Waals surface area contributed by atoms with Crippen molar-refractivity contribution in [3.05, 3.63) is 29.8 Å². The van der Waals surface area contributed by atoms with Crippen LogP contribution in [0, 0.1) is 0 Å². The van der Waals surface area contributed by atoms with Gasteiger partial charge in [0.2, 0.25) is 0 Å². The van der Waals surface area contributed by atoms with Gasteiger partial charge in [0, 0.05) is 13.1 Å². The van der Waals surface area contributed by atoms with E-state index in [2.05, 4.69) is 11.8 Å². The highest BCUT2D eigenvalue weighted by atomic mass is 32.2. The molecule has 2 rings (SSSR count). The molecule has 0 unspecified atom stereocenters. The third-order valence-corrected chi connectivity index (χ3v) is 4.77. The minimum absolute atomic E-state index is 0.345. The van der Waals surface area contributed by atoms with Crippen molar-refractivity contribution in [1.82, 2.24) is 9.84 Å². The van der Waals surface area contributed by atoms with Crippen molar-refractivity contribution in [2.45, 2.75) is 43.9 Å². The molecule has 0 aliphatic carbocycles. The zero-order valence-electron chi connectivity index (χ0n) is 11.4. The van der Waals surface area contributed by atoms with E-state index in [1.165, 1.54) is 12.0 Å². The number of benzene rings is 1. The van der Waals surface area contributed by atoms with Gasteiger partial charge in [-0.15, -0.1) is 4.83 Å². The van der Waals surface area contributed by atoms with Gasteiger partial charge in [0.1, 0.15) is 0 Å². The molecule has 1 aromatic rings. The molecule has 1 saturated heterocycles. The van der Waals surface area contributed by atoms with Crippen LogP contribution in [-0.4, -0.2) is 26.5 Å². The van der Waals surface area contributed by atoms with E-state index in [4.69, 9.17) is 0 Å². The van der Waals surface area contributed by atoms with Crippen LogP contribution >= 0.6 is 0 Å². The highest BCUT2D eigenvalue weighted by Gasteiger charge is 2.19. The van der Waals surface area contributed by atoms with Crippen LogP contribution in [0.2, 0.25) is 0 Å². The Kier molecular flexibility index (Phi) is 4.96. The third kappa shape index (κ3) is 4.03. The molecule has 1 aliphatic rings. The second-order valence-electron chi connectivity index (χ2n) is 5.04. The molecule has 0 atom stereocenters. The normalized spacial score (nSPS) is 17.5. The maximum absolute atomic E-state index is 12.2. The van der Waals surface area contributed by atoms with Gasteiger partial charge in [-0.3, -0.25) is 0 Å². The van der Waals surface area contributed by atoms with Gasteiger partial charge in [-0.25, -0.2) is 13.4 Å².